The molecule has 2 heteroatoms. The molecular formula is C11H14OS. The second kappa shape index (κ2) is 5.07. The van der Waals surface area contributed by atoms with Gasteiger partial charge in [0.15, 0.2) is 0 Å². The van der Waals surface area contributed by atoms with Gasteiger partial charge in [-0.15, -0.1) is 11.8 Å². The van der Waals surface area contributed by atoms with E-state index < -0.39 is 0 Å². The van der Waals surface area contributed by atoms with E-state index >= 15 is 0 Å². The molecule has 0 amide bonds. The lowest BCUT2D eigenvalue weighted by atomic mass is 10.1. The summed E-state index contributed by atoms with van der Waals surface area (Å²) >= 11 is 1.74. The van der Waals surface area contributed by atoms with Gasteiger partial charge in [0, 0.05) is 11.3 Å². The van der Waals surface area contributed by atoms with Gasteiger partial charge in [-0.1, -0.05) is 18.2 Å². The molecule has 0 fully saturated rings. The van der Waals surface area contributed by atoms with E-state index in [2.05, 4.69) is 18.4 Å². The van der Waals surface area contributed by atoms with Gasteiger partial charge in [-0.25, -0.2) is 0 Å². The summed E-state index contributed by atoms with van der Waals surface area (Å²) in [7, 11) is 0. The molecule has 0 atom stereocenters. The van der Waals surface area contributed by atoms with Gasteiger partial charge < -0.3 is 4.79 Å². The predicted molar refractivity (Wildman–Crippen MR) is 57.2 cm³/mol. The summed E-state index contributed by atoms with van der Waals surface area (Å²) < 4.78 is 0. The van der Waals surface area contributed by atoms with Crippen molar-refractivity contribution in [2.24, 2.45) is 0 Å². The highest BCUT2D eigenvalue weighted by Crippen LogP contribution is 2.20. The third kappa shape index (κ3) is 3.23. The van der Waals surface area contributed by atoms with Gasteiger partial charge in [0.25, 0.3) is 0 Å². The minimum Gasteiger partial charge on any atom is -0.300 e. The molecule has 1 aromatic carbocycles. The lowest BCUT2D eigenvalue weighted by Gasteiger charge is -2.04. The van der Waals surface area contributed by atoms with Gasteiger partial charge in [0.1, 0.15) is 5.78 Å². The van der Waals surface area contributed by atoms with E-state index in [1.165, 1.54) is 10.5 Å². The Balaban J connectivity index is 2.69. The number of carbonyl (C=O) groups is 1. The van der Waals surface area contributed by atoms with Crippen LogP contribution in [-0.2, 0) is 11.2 Å². The summed E-state index contributed by atoms with van der Waals surface area (Å²) in [5, 5.41) is 0. The fraction of sp³-hybridized carbons (Fsp3) is 0.364. The first-order valence-corrected chi connectivity index (χ1v) is 5.58. The van der Waals surface area contributed by atoms with Crippen LogP contribution in [0.2, 0.25) is 0 Å². The van der Waals surface area contributed by atoms with Crippen LogP contribution in [0.15, 0.2) is 29.2 Å². The molecule has 0 saturated heterocycles. The van der Waals surface area contributed by atoms with Crippen molar-refractivity contribution in [1.29, 1.82) is 0 Å². The van der Waals surface area contributed by atoms with Crippen molar-refractivity contribution in [2.75, 3.05) is 6.26 Å². The summed E-state index contributed by atoms with van der Waals surface area (Å²) in [6.07, 6.45) is 3.58. The maximum Gasteiger partial charge on any atom is 0.130 e. The van der Waals surface area contributed by atoms with Crippen molar-refractivity contribution >= 4 is 17.5 Å². The first-order chi connectivity index (χ1) is 6.24. The normalized spacial score (nSPS) is 10.0. The Morgan fingerprint density at radius 2 is 2.08 bits per heavy atom. The number of rotatable bonds is 4. The number of hydrogen-bond donors (Lipinski definition) is 0. The Bertz CT molecular complexity index is 294. The molecule has 0 aromatic heterocycles. The topological polar surface area (TPSA) is 17.1 Å². The molecule has 1 rings (SSSR count). The highest BCUT2D eigenvalue weighted by Gasteiger charge is 2.01. The lowest BCUT2D eigenvalue weighted by molar-refractivity contribution is -0.116. The highest BCUT2D eigenvalue weighted by atomic mass is 32.2. The maximum absolute atomic E-state index is 10.8. The van der Waals surface area contributed by atoms with Crippen molar-refractivity contribution in [3.63, 3.8) is 0 Å². The maximum atomic E-state index is 10.8. The molecule has 13 heavy (non-hydrogen) atoms. The predicted octanol–water partition coefficient (Wildman–Crippen LogP) is 2.93. The van der Waals surface area contributed by atoms with Crippen LogP contribution in [-0.4, -0.2) is 12.0 Å². The molecule has 0 aliphatic heterocycles. The Morgan fingerprint density at radius 3 is 2.69 bits per heavy atom. The zero-order chi connectivity index (χ0) is 9.68. The highest BCUT2D eigenvalue weighted by molar-refractivity contribution is 7.98. The van der Waals surface area contributed by atoms with Crippen LogP contribution < -0.4 is 0 Å². The van der Waals surface area contributed by atoms with E-state index in [0.717, 1.165) is 6.42 Å². The minimum absolute atomic E-state index is 0.260. The molecule has 0 spiro atoms. The first-order valence-electron chi connectivity index (χ1n) is 4.35. The van der Waals surface area contributed by atoms with Gasteiger partial charge in [0.05, 0.1) is 0 Å². The molecule has 0 N–H and O–H groups in total. The van der Waals surface area contributed by atoms with E-state index in [1.54, 1.807) is 18.7 Å². The van der Waals surface area contributed by atoms with Gasteiger partial charge in [-0.05, 0) is 31.2 Å². The fourth-order valence-corrected chi connectivity index (χ4v) is 1.87. The van der Waals surface area contributed by atoms with Crippen LogP contribution in [0.5, 0.6) is 0 Å². The Kier molecular flexibility index (Phi) is 4.03. The van der Waals surface area contributed by atoms with Crippen LogP contribution in [0.25, 0.3) is 0 Å². The van der Waals surface area contributed by atoms with Crippen LogP contribution in [0.4, 0.5) is 0 Å². The van der Waals surface area contributed by atoms with Crippen LogP contribution in [0, 0.1) is 0 Å². The van der Waals surface area contributed by atoms with Gasteiger partial charge in [0.2, 0.25) is 0 Å². The number of aryl methyl sites for hydroxylation is 1. The van der Waals surface area contributed by atoms with E-state index in [9.17, 15) is 4.79 Å². The SMILES string of the molecule is CSc1ccccc1CCC(C)=O. The number of ketones is 1. The minimum atomic E-state index is 0.260. The summed E-state index contributed by atoms with van der Waals surface area (Å²) in [6, 6.07) is 8.24. The summed E-state index contributed by atoms with van der Waals surface area (Å²) in [6.45, 7) is 1.64. The van der Waals surface area contributed by atoms with Crippen LogP contribution >= 0.6 is 11.8 Å². The van der Waals surface area contributed by atoms with Crippen LogP contribution in [0.1, 0.15) is 18.9 Å². The molecule has 1 aromatic rings. The molecule has 0 bridgehead atoms. The van der Waals surface area contributed by atoms with Crippen LogP contribution in [0.3, 0.4) is 0 Å². The second-order valence-corrected chi connectivity index (χ2v) is 3.86. The van der Waals surface area contributed by atoms with E-state index in [1.807, 2.05) is 12.1 Å². The third-order valence-corrected chi connectivity index (χ3v) is 2.78. The number of Topliss-reactive ketones (excluding diaryl/α,β-unsaturated/α-hetero) is 1. The first kappa shape index (κ1) is 10.3. The molecule has 0 aliphatic rings. The number of benzene rings is 1. The van der Waals surface area contributed by atoms with Crippen molar-refractivity contribution in [1.82, 2.24) is 0 Å². The average molecular weight is 194 g/mol. The molecule has 0 heterocycles. The Hall–Kier alpha value is -0.760. The molecular weight excluding hydrogens is 180 g/mol. The molecule has 70 valence electrons. The number of hydrogen-bond acceptors (Lipinski definition) is 2. The largest absolute Gasteiger partial charge is 0.300 e. The van der Waals surface area contributed by atoms with Gasteiger partial charge in [-0.2, -0.15) is 0 Å². The standard InChI is InChI=1S/C11H14OS/c1-9(12)7-8-10-5-3-4-6-11(10)13-2/h3-6H,7-8H2,1-2H3. The van der Waals surface area contributed by atoms with E-state index in [4.69, 9.17) is 0 Å². The lowest BCUT2D eigenvalue weighted by Crippen LogP contribution is -1.95. The Labute approximate surface area is 83.5 Å². The van der Waals surface area contributed by atoms with Crippen molar-refractivity contribution in [2.45, 2.75) is 24.7 Å². The Morgan fingerprint density at radius 1 is 1.38 bits per heavy atom. The van der Waals surface area contributed by atoms with Crippen molar-refractivity contribution < 1.29 is 4.79 Å². The molecule has 1 nitrogen and oxygen atoms in total. The molecule has 0 unspecified atom stereocenters. The van der Waals surface area contributed by atoms with E-state index in [-0.39, 0.29) is 5.78 Å². The quantitative estimate of drug-likeness (QED) is 0.685. The van der Waals surface area contributed by atoms with Crippen molar-refractivity contribution in [3.05, 3.63) is 29.8 Å². The number of thioether (sulfide) groups is 1. The number of carbonyl (C=O) groups excluding carboxylic acids is 1. The van der Waals surface area contributed by atoms with Gasteiger partial charge >= 0.3 is 0 Å². The molecule has 0 radical (unpaired) electrons. The summed E-state index contributed by atoms with van der Waals surface area (Å²) in [5.74, 6) is 0.260. The van der Waals surface area contributed by atoms with Crippen molar-refractivity contribution in [3.8, 4) is 0 Å². The third-order valence-electron chi connectivity index (χ3n) is 1.94. The zero-order valence-corrected chi connectivity index (χ0v) is 8.86. The smallest absolute Gasteiger partial charge is 0.130 e. The monoisotopic (exact) mass is 194 g/mol. The summed E-state index contributed by atoms with van der Waals surface area (Å²) in [5.41, 5.74) is 1.28. The van der Waals surface area contributed by atoms with E-state index in [0.29, 0.717) is 6.42 Å². The summed E-state index contributed by atoms with van der Waals surface area (Å²) in [4.78, 5) is 12.1. The zero-order valence-electron chi connectivity index (χ0n) is 8.04. The molecule has 0 saturated carbocycles. The van der Waals surface area contributed by atoms with Gasteiger partial charge in [-0.3, -0.25) is 0 Å². The average Bonchev–Trinajstić information content (AvgIpc) is 2.15. The molecule has 0 aliphatic carbocycles. The fourth-order valence-electron chi connectivity index (χ4n) is 1.22. The second-order valence-electron chi connectivity index (χ2n) is 3.01.